The monoisotopic (exact) mass is 315 g/mol. The fraction of sp³-hybridized carbons (Fsp3) is 0.571. The second-order valence-corrected chi connectivity index (χ2v) is 6.99. The molecule has 20 heavy (non-hydrogen) atoms. The maximum absolute atomic E-state index is 12.3. The van der Waals surface area contributed by atoms with Crippen molar-refractivity contribution in [2.75, 3.05) is 12.4 Å². The van der Waals surface area contributed by atoms with E-state index in [0.717, 1.165) is 16.9 Å². The van der Waals surface area contributed by atoms with Crippen molar-refractivity contribution in [3.63, 3.8) is 0 Å². The molecule has 0 aromatic carbocycles. The van der Waals surface area contributed by atoms with Crippen molar-refractivity contribution in [1.82, 2.24) is 4.90 Å². The Kier molecular flexibility index (Phi) is 4.39. The average molecular weight is 316 g/mol. The third-order valence-corrected chi connectivity index (χ3v) is 4.29. The lowest BCUT2D eigenvalue weighted by Crippen LogP contribution is -2.45. The van der Waals surface area contributed by atoms with Crippen LogP contribution in [0.25, 0.3) is 0 Å². The molecule has 1 aliphatic rings. The second kappa shape index (κ2) is 5.74. The van der Waals surface area contributed by atoms with E-state index in [9.17, 15) is 9.59 Å². The molecular weight excluding hydrogens is 298 g/mol. The molecule has 1 atom stereocenters. The summed E-state index contributed by atoms with van der Waals surface area (Å²) in [7, 11) is 0. The van der Waals surface area contributed by atoms with Gasteiger partial charge in [0, 0.05) is 11.4 Å². The van der Waals surface area contributed by atoms with Crippen LogP contribution >= 0.6 is 22.9 Å². The average Bonchev–Trinajstić information content (AvgIpc) is 2.82. The van der Waals surface area contributed by atoms with Crippen LogP contribution in [0.2, 0.25) is 0 Å². The molecule has 1 aromatic heterocycles. The number of nitrogens with zero attached hydrogens (tertiary/aromatic N) is 1. The summed E-state index contributed by atoms with van der Waals surface area (Å²) in [4.78, 5) is 27.1. The fourth-order valence-electron chi connectivity index (χ4n) is 2.25. The Labute approximate surface area is 127 Å². The molecule has 0 spiro atoms. The molecule has 1 amide bonds. The van der Waals surface area contributed by atoms with Crippen LogP contribution in [0.15, 0.2) is 11.4 Å². The van der Waals surface area contributed by atoms with Crippen LogP contribution in [-0.4, -0.2) is 34.8 Å². The molecule has 1 aromatic rings. The third-order valence-electron chi connectivity index (χ3n) is 3.03. The molecular formula is C14H18ClNO3S. The van der Waals surface area contributed by atoms with E-state index >= 15 is 0 Å². The van der Waals surface area contributed by atoms with Crippen LogP contribution in [0.3, 0.4) is 0 Å². The third kappa shape index (κ3) is 3.15. The van der Waals surface area contributed by atoms with E-state index in [0.29, 0.717) is 6.54 Å². The molecule has 2 heterocycles. The Bertz CT molecular complexity index is 521. The van der Waals surface area contributed by atoms with Crippen LogP contribution in [0.1, 0.15) is 37.3 Å². The van der Waals surface area contributed by atoms with Gasteiger partial charge < -0.3 is 4.74 Å². The van der Waals surface area contributed by atoms with E-state index < -0.39 is 17.7 Å². The molecule has 4 nitrogen and oxygen atoms in total. The van der Waals surface area contributed by atoms with Gasteiger partial charge in [0.25, 0.3) is 0 Å². The van der Waals surface area contributed by atoms with Gasteiger partial charge in [0.2, 0.25) is 0 Å². The zero-order chi connectivity index (χ0) is 14.9. The topological polar surface area (TPSA) is 46.6 Å². The van der Waals surface area contributed by atoms with Crippen molar-refractivity contribution in [3.05, 3.63) is 21.9 Å². The first-order valence-electron chi connectivity index (χ1n) is 6.48. The van der Waals surface area contributed by atoms with E-state index in [4.69, 9.17) is 16.3 Å². The van der Waals surface area contributed by atoms with E-state index in [1.165, 1.54) is 4.90 Å². The fourth-order valence-corrected chi connectivity index (χ4v) is 3.30. The van der Waals surface area contributed by atoms with Crippen LogP contribution < -0.4 is 0 Å². The SMILES string of the molecule is CC(C)(C)OC(=O)N1CCc2sccc2C1C(=O)CCl. The van der Waals surface area contributed by atoms with Gasteiger partial charge in [-0.1, -0.05) is 0 Å². The number of hydrogen-bond acceptors (Lipinski definition) is 4. The molecule has 0 N–H and O–H groups in total. The van der Waals surface area contributed by atoms with Crippen LogP contribution in [0.4, 0.5) is 4.79 Å². The van der Waals surface area contributed by atoms with Gasteiger partial charge in [-0.15, -0.1) is 22.9 Å². The summed E-state index contributed by atoms with van der Waals surface area (Å²) < 4.78 is 5.39. The van der Waals surface area contributed by atoms with Gasteiger partial charge in [0.15, 0.2) is 5.78 Å². The number of ketones is 1. The predicted octanol–water partition coefficient (Wildman–Crippen LogP) is 3.39. The minimum Gasteiger partial charge on any atom is -0.444 e. The lowest BCUT2D eigenvalue weighted by molar-refractivity contribution is -0.122. The van der Waals surface area contributed by atoms with Crippen molar-refractivity contribution < 1.29 is 14.3 Å². The van der Waals surface area contributed by atoms with Crippen molar-refractivity contribution >= 4 is 34.8 Å². The number of hydrogen-bond donors (Lipinski definition) is 0. The zero-order valence-corrected chi connectivity index (χ0v) is 13.4. The number of amides is 1. The molecule has 0 aliphatic carbocycles. The molecule has 110 valence electrons. The Morgan fingerprint density at radius 1 is 1.50 bits per heavy atom. The van der Waals surface area contributed by atoms with Crippen molar-refractivity contribution in [3.8, 4) is 0 Å². The zero-order valence-electron chi connectivity index (χ0n) is 11.8. The summed E-state index contributed by atoms with van der Waals surface area (Å²) in [6.45, 7) is 5.91. The Morgan fingerprint density at radius 3 is 2.80 bits per heavy atom. The standard InChI is InChI=1S/C14H18ClNO3S/c1-14(2,3)19-13(18)16-6-4-11-9(5-7-20-11)12(16)10(17)8-15/h5,7,12H,4,6,8H2,1-3H3. The van der Waals surface area contributed by atoms with Gasteiger partial charge in [-0.3, -0.25) is 9.69 Å². The highest BCUT2D eigenvalue weighted by molar-refractivity contribution is 7.10. The molecule has 0 radical (unpaired) electrons. The lowest BCUT2D eigenvalue weighted by atomic mass is 9.97. The normalized spacial score (nSPS) is 18.6. The summed E-state index contributed by atoms with van der Waals surface area (Å²) >= 11 is 7.31. The summed E-state index contributed by atoms with van der Waals surface area (Å²) in [5.74, 6) is -0.281. The predicted molar refractivity (Wildman–Crippen MR) is 79.4 cm³/mol. The Balaban J connectivity index is 2.29. The molecule has 1 unspecified atom stereocenters. The Hall–Kier alpha value is -1.07. The molecule has 6 heteroatoms. The number of rotatable bonds is 2. The van der Waals surface area contributed by atoms with Gasteiger partial charge in [0.05, 0.1) is 5.88 Å². The van der Waals surface area contributed by atoms with Gasteiger partial charge in [-0.25, -0.2) is 4.79 Å². The van der Waals surface area contributed by atoms with E-state index in [2.05, 4.69) is 0 Å². The Morgan fingerprint density at radius 2 is 2.20 bits per heavy atom. The minimum atomic E-state index is -0.614. The van der Waals surface area contributed by atoms with Crippen molar-refractivity contribution in [1.29, 1.82) is 0 Å². The summed E-state index contributed by atoms with van der Waals surface area (Å²) in [5.41, 5.74) is 0.304. The highest BCUT2D eigenvalue weighted by Crippen LogP contribution is 2.35. The first-order valence-corrected chi connectivity index (χ1v) is 7.89. The van der Waals surface area contributed by atoms with Crippen LogP contribution in [0.5, 0.6) is 0 Å². The number of Topliss-reactive ketones (excluding diaryl/α,β-unsaturated/α-hetero) is 1. The van der Waals surface area contributed by atoms with Gasteiger partial charge in [0.1, 0.15) is 11.6 Å². The lowest BCUT2D eigenvalue weighted by Gasteiger charge is -2.35. The second-order valence-electron chi connectivity index (χ2n) is 5.73. The quantitative estimate of drug-likeness (QED) is 0.786. The summed E-state index contributed by atoms with van der Waals surface area (Å²) in [6, 6.07) is 1.28. The van der Waals surface area contributed by atoms with Crippen LogP contribution in [0, 0.1) is 0 Å². The van der Waals surface area contributed by atoms with E-state index in [-0.39, 0.29) is 11.7 Å². The molecule has 0 bridgehead atoms. The number of thiophene rings is 1. The molecule has 0 saturated carbocycles. The van der Waals surface area contributed by atoms with Crippen LogP contribution in [-0.2, 0) is 16.0 Å². The number of fused-ring (bicyclic) bond motifs is 1. The summed E-state index contributed by atoms with van der Waals surface area (Å²) in [6.07, 6.45) is 0.288. The molecule has 1 aliphatic heterocycles. The number of ether oxygens (including phenoxy) is 1. The highest BCUT2D eigenvalue weighted by Gasteiger charge is 2.37. The van der Waals surface area contributed by atoms with Crippen molar-refractivity contribution in [2.24, 2.45) is 0 Å². The van der Waals surface area contributed by atoms with Gasteiger partial charge in [-0.2, -0.15) is 0 Å². The van der Waals surface area contributed by atoms with E-state index in [1.54, 1.807) is 11.3 Å². The smallest absolute Gasteiger partial charge is 0.411 e. The number of alkyl halides is 1. The first-order chi connectivity index (χ1) is 9.33. The largest absolute Gasteiger partial charge is 0.444 e. The first kappa shape index (κ1) is 15.3. The highest BCUT2D eigenvalue weighted by atomic mass is 35.5. The molecule has 0 saturated heterocycles. The van der Waals surface area contributed by atoms with Crippen molar-refractivity contribution in [2.45, 2.75) is 38.8 Å². The summed E-state index contributed by atoms with van der Waals surface area (Å²) in [5, 5.41) is 1.94. The molecule has 2 rings (SSSR count). The van der Waals surface area contributed by atoms with E-state index in [1.807, 2.05) is 32.2 Å². The van der Waals surface area contributed by atoms with Gasteiger partial charge in [-0.05, 0) is 44.2 Å². The number of halogens is 1. The number of carbonyl (C=O) groups excluding carboxylic acids is 2. The number of carbonyl (C=O) groups is 2. The van der Waals surface area contributed by atoms with Gasteiger partial charge >= 0.3 is 6.09 Å². The minimum absolute atomic E-state index is 0.112. The maximum Gasteiger partial charge on any atom is 0.411 e. The maximum atomic E-state index is 12.3. The molecule has 0 fully saturated rings.